The van der Waals surface area contributed by atoms with Crippen molar-refractivity contribution in [2.75, 3.05) is 6.54 Å². The SMILES string of the molecule is CC(C)(C)CC(=O)C[C@H](C(=O)N1CC2C([C@H]1C(=O)CC(CC1CCC1)C(O)C(=O)CCC(=O)OC(C)(C)c1ccccc1)C2(C)C)C(C)(C)C. The van der Waals surface area contributed by atoms with E-state index in [2.05, 4.69) is 13.8 Å². The molecule has 1 amide bonds. The number of esters is 1. The second-order valence-electron chi connectivity index (χ2n) is 19.0. The maximum Gasteiger partial charge on any atom is 0.307 e. The minimum atomic E-state index is -1.39. The van der Waals surface area contributed by atoms with Crippen molar-refractivity contribution in [3.8, 4) is 0 Å². The van der Waals surface area contributed by atoms with Gasteiger partial charge in [-0.25, -0.2) is 0 Å². The van der Waals surface area contributed by atoms with Gasteiger partial charge in [-0.1, -0.05) is 105 Å². The highest BCUT2D eigenvalue weighted by Crippen LogP contribution is 2.65. The summed E-state index contributed by atoms with van der Waals surface area (Å²) >= 11 is 0. The van der Waals surface area contributed by atoms with Crippen LogP contribution in [0.5, 0.6) is 0 Å². The summed E-state index contributed by atoms with van der Waals surface area (Å²) in [6, 6.07) is 8.74. The Hall–Kier alpha value is -2.87. The summed E-state index contributed by atoms with van der Waals surface area (Å²) in [6.07, 6.45) is 2.40. The zero-order chi connectivity index (χ0) is 37.4. The predicted octanol–water partition coefficient (Wildman–Crippen LogP) is 7.48. The van der Waals surface area contributed by atoms with E-state index in [1.165, 1.54) is 0 Å². The molecule has 0 aromatic heterocycles. The monoisotopic (exact) mass is 693 g/mol. The van der Waals surface area contributed by atoms with Gasteiger partial charge in [-0.15, -0.1) is 0 Å². The molecule has 2 saturated carbocycles. The standard InChI is InChI=1S/C42H63NO7/c1-39(2,3)24-29(44)23-30(40(4,5)6)38(49)43-25-31-35(41(31,7)8)36(43)33(46)22-27(21-26-15-14-16-26)37(48)32(45)19-20-34(47)50-42(9,10)28-17-12-11-13-18-28/h11-13,17-18,26-27,30-31,35-37,48H,14-16,19-25H2,1-10H3/t27?,30-,31?,35?,36-,37?/m1/s1. The van der Waals surface area contributed by atoms with Crippen LogP contribution in [-0.4, -0.2) is 57.9 Å². The summed E-state index contributed by atoms with van der Waals surface area (Å²) in [7, 11) is 0. The van der Waals surface area contributed by atoms with Crippen LogP contribution in [0.15, 0.2) is 30.3 Å². The molecule has 278 valence electrons. The zero-order valence-electron chi connectivity index (χ0n) is 32.3. The summed E-state index contributed by atoms with van der Waals surface area (Å²) in [5.41, 5.74) is -0.795. The van der Waals surface area contributed by atoms with Crippen LogP contribution in [0.25, 0.3) is 0 Å². The maximum atomic E-state index is 14.4. The van der Waals surface area contributed by atoms with Crippen molar-refractivity contribution in [1.82, 2.24) is 4.90 Å². The third kappa shape index (κ3) is 9.51. The molecule has 0 bridgehead atoms. The molecule has 8 nitrogen and oxygen atoms in total. The van der Waals surface area contributed by atoms with E-state index >= 15 is 0 Å². The lowest BCUT2D eigenvalue weighted by Gasteiger charge is -2.38. The number of ketones is 3. The normalized spacial score (nSPS) is 23.7. The Morgan fingerprint density at radius 3 is 2.08 bits per heavy atom. The second-order valence-corrected chi connectivity index (χ2v) is 19.0. The molecule has 1 heterocycles. The van der Waals surface area contributed by atoms with Crippen LogP contribution in [0.1, 0.15) is 133 Å². The molecular weight excluding hydrogens is 630 g/mol. The summed E-state index contributed by atoms with van der Waals surface area (Å²) in [4.78, 5) is 69.8. The molecule has 0 radical (unpaired) electrons. The fraction of sp³-hybridized carbons (Fsp3) is 0.738. The van der Waals surface area contributed by atoms with Gasteiger partial charge in [0.15, 0.2) is 11.6 Å². The lowest BCUT2D eigenvalue weighted by molar-refractivity contribution is -0.158. The molecule has 6 atom stereocenters. The number of Topliss-reactive ketones (excluding diaryl/α,β-unsaturated/α-hetero) is 3. The second kappa shape index (κ2) is 15.0. The number of rotatable bonds is 16. The number of likely N-dealkylation sites (tertiary alicyclic amines) is 1. The fourth-order valence-corrected chi connectivity index (χ4v) is 8.47. The van der Waals surface area contributed by atoms with Gasteiger partial charge in [-0.3, -0.25) is 24.0 Å². The van der Waals surface area contributed by atoms with Crippen molar-refractivity contribution < 1.29 is 33.8 Å². The molecule has 4 unspecified atom stereocenters. The quantitative estimate of drug-likeness (QED) is 0.178. The van der Waals surface area contributed by atoms with Crippen molar-refractivity contribution in [3.05, 3.63) is 35.9 Å². The first-order valence-electron chi connectivity index (χ1n) is 18.9. The number of piperidine rings is 1. The summed E-state index contributed by atoms with van der Waals surface area (Å²) in [6.45, 7) is 20.3. The molecule has 2 aliphatic carbocycles. The number of amides is 1. The van der Waals surface area contributed by atoms with Crippen LogP contribution in [0, 0.1) is 45.8 Å². The van der Waals surface area contributed by atoms with E-state index in [1.807, 2.05) is 71.9 Å². The Morgan fingerprint density at radius 1 is 0.920 bits per heavy atom. The maximum absolute atomic E-state index is 14.4. The van der Waals surface area contributed by atoms with Gasteiger partial charge in [-0.2, -0.15) is 0 Å². The van der Waals surface area contributed by atoms with Crippen LogP contribution < -0.4 is 0 Å². The van der Waals surface area contributed by atoms with Crippen LogP contribution in [0.2, 0.25) is 0 Å². The largest absolute Gasteiger partial charge is 0.455 e. The van der Waals surface area contributed by atoms with Crippen LogP contribution >= 0.6 is 0 Å². The average molecular weight is 694 g/mol. The highest BCUT2D eigenvalue weighted by molar-refractivity contribution is 5.94. The first-order valence-corrected chi connectivity index (χ1v) is 18.9. The number of nitrogens with zero attached hydrogens (tertiary/aromatic N) is 1. The molecule has 1 N–H and O–H groups in total. The Kier molecular flexibility index (Phi) is 12.0. The fourth-order valence-electron chi connectivity index (χ4n) is 8.47. The van der Waals surface area contributed by atoms with Crippen LogP contribution in [0.4, 0.5) is 0 Å². The third-order valence-corrected chi connectivity index (χ3v) is 11.8. The minimum absolute atomic E-state index is 0.00443. The number of carbonyl (C=O) groups excluding carboxylic acids is 5. The van der Waals surface area contributed by atoms with Crippen molar-refractivity contribution in [2.24, 2.45) is 45.8 Å². The topological polar surface area (TPSA) is 118 Å². The van der Waals surface area contributed by atoms with E-state index in [0.717, 1.165) is 24.8 Å². The van der Waals surface area contributed by atoms with E-state index in [0.29, 0.717) is 25.3 Å². The Balaban J connectivity index is 1.47. The lowest BCUT2D eigenvalue weighted by atomic mass is 9.74. The number of hydrogen-bond donors (Lipinski definition) is 1. The summed E-state index contributed by atoms with van der Waals surface area (Å²) < 4.78 is 5.71. The van der Waals surface area contributed by atoms with E-state index in [1.54, 1.807) is 18.7 Å². The zero-order valence-corrected chi connectivity index (χ0v) is 32.3. The minimum Gasteiger partial charge on any atom is -0.455 e. The highest BCUT2D eigenvalue weighted by Gasteiger charge is 2.69. The van der Waals surface area contributed by atoms with Gasteiger partial charge >= 0.3 is 5.97 Å². The number of carbonyl (C=O) groups is 5. The number of benzene rings is 1. The number of ether oxygens (including phenoxy) is 1. The molecule has 0 spiro atoms. The molecule has 1 aliphatic heterocycles. The van der Waals surface area contributed by atoms with Crippen molar-refractivity contribution in [2.45, 2.75) is 145 Å². The van der Waals surface area contributed by atoms with Crippen molar-refractivity contribution >= 4 is 29.2 Å². The van der Waals surface area contributed by atoms with Gasteiger partial charge < -0.3 is 14.7 Å². The molecule has 1 saturated heterocycles. The molecule has 50 heavy (non-hydrogen) atoms. The number of aliphatic hydroxyl groups excluding tert-OH is 1. The number of aliphatic hydroxyl groups is 1. The highest BCUT2D eigenvalue weighted by atomic mass is 16.6. The lowest BCUT2D eigenvalue weighted by Crippen LogP contribution is -2.51. The third-order valence-electron chi connectivity index (χ3n) is 11.8. The van der Waals surface area contributed by atoms with Gasteiger partial charge in [0, 0.05) is 38.1 Å². The van der Waals surface area contributed by atoms with E-state index in [9.17, 15) is 29.1 Å². The van der Waals surface area contributed by atoms with Gasteiger partial charge in [0.2, 0.25) is 5.91 Å². The molecular formula is C42H63NO7. The predicted molar refractivity (Wildman–Crippen MR) is 194 cm³/mol. The molecule has 8 heteroatoms. The average Bonchev–Trinajstić information content (AvgIpc) is 3.29. The number of fused-ring (bicyclic) bond motifs is 1. The summed E-state index contributed by atoms with van der Waals surface area (Å²) in [5, 5.41) is 11.4. The molecule has 3 fully saturated rings. The van der Waals surface area contributed by atoms with Crippen LogP contribution in [-0.2, 0) is 34.3 Å². The molecule has 1 aromatic rings. The Bertz CT molecular complexity index is 1410. The van der Waals surface area contributed by atoms with E-state index in [-0.39, 0.29) is 65.8 Å². The first kappa shape index (κ1) is 39.9. The van der Waals surface area contributed by atoms with Crippen LogP contribution in [0.3, 0.4) is 0 Å². The Morgan fingerprint density at radius 2 is 1.54 bits per heavy atom. The van der Waals surface area contributed by atoms with Gasteiger partial charge in [-0.05, 0) is 65.7 Å². The molecule has 1 aromatic carbocycles. The number of hydrogen-bond acceptors (Lipinski definition) is 7. The molecule has 3 aliphatic rings. The van der Waals surface area contributed by atoms with Gasteiger partial charge in [0.1, 0.15) is 17.5 Å². The van der Waals surface area contributed by atoms with Gasteiger partial charge in [0.05, 0.1) is 12.5 Å². The Labute approximate surface area is 300 Å². The molecule has 4 rings (SSSR count). The first-order chi connectivity index (χ1) is 23.0. The van der Waals surface area contributed by atoms with Crippen molar-refractivity contribution in [3.63, 3.8) is 0 Å². The smallest absolute Gasteiger partial charge is 0.307 e. The summed E-state index contributed by atoms with van der Waals surface area (Å²) in [5.74, 6) is -1.84. The van der Waals surface area contributed by atoms with E-state index < -0.39 is 46.8 Å². The van der Waals surface area contributed by atoms with E-state index in [4.69, 9.17) is 4.74 Å². The van der Waals surface area contributed by atoms with Crippen molar-refractivity contribution in [1.29, 1.82) is 0 Å². The van der Waals surface area contributed by atoms with Gasteiger partial charge in [0.25, 0.3) is 0 Å².